The minimum Gasteiger partial charge on any atom is -0.493 e. The Hall–Kier alpha value is -1.52. The largest absolute Gasteiger partial charge is 0.493 e. The van der Waals surface area contributed by atoms with Gasteiger partial charge in [-0.25, -0.2) is 0 Å². The maximum absolute atomic E-state index is 6.27. The SMILES string of the molecule is CCCCN1CN(CC)Cc2cnc3c(OC)c(Cl)ccc3c21. The van der Waals surface area contributed by atoms with E-state index in [2.05, 4.69) is 34.7 Å². The maximum atomic E-state index is 6.27. The second-order valence-electron chi connectivity index (χ2n) is 6.01. The van der Waals surface area contributed by atoms with Gasteiger partial charge in [-0.3, -0.25) is 9.88 Å². The van der Waals surface area contributed by atoms with Crippen LogP contribution in [0.5, 0.6) is 5.75 Å². The van der Waals surface area contributed by atoms with Gasteiger partial charge in [0, 0.05) is 30.2 Å². The van der Waals surface area contributed by atoms with Gasteiger partial charge < -0.3 is 9.64 Å². The highest BCUT2D eigenvalue weighted by atomic mass is 35.5. The van der Waals surface area contributed by atoms with E-state index in [1.807, 2.05) is 12.3 Å². The summed E-state index contributed by atoms with van der Waals surface area (Å²) in [5.74, 6) is 0.667. The van der Waals surface area contributed by atoms with Crippen molar-refractivity contribution in [2.24, 2.45) is 0 Å². The van der Waals surface area contributed by atoms with E-state index in [0.717, 1.165) is 37.2 Å². The summed E-state index contributed by atoms with van der Waals surface area (Å²) < 4.78 is 5.48. The minimum absolute atomic E-state index is 0.610. The Morgan fingerprint density at radius 1 is 1.30 bits per heavy atom. The van der Waals surface area contributed by atoms with E-state index in [4.69, 9.17) is 16.3 Å². The summed E-state index contributed by atoms with van der Waals surface area (Å²) in [6.45, 7) is 8.46. The molecule has 0 bridgehead atoms. The zero-order valence-corrected chi connectivity index (χ0v) is 14.9. The second kappa shape index (κ2) is 6.93. The Morgan fingerprint density at radius 3 is 2.83 bits per heavy atom. The monoisotopic (exact) mass is 333 g/mol. The molecular weight excluding hydrogens is 310 g/mol. The third-order valence-corrected chi connectivity index (χ3v) is 4.80. The van der Waals surface area contributed by atoms with E-state index in [1.54, 1.807) is 7.11 Å². The first-order chi connectivity index (χ1) is 11.2. The number of methoxy groups -OCH3 is 1. The number of pyridine rings is 1. The van der Waals surface area contributed by atoms with Crippen LogP contribution in [0, 0.1) is 0 Å². The lowest BCUT2D eigenvalue weighted by molar-refractivity contribution is 0.265. The van der Waals surface area contributed by atoms with Crippen LogP contribution in [0.3, 0.4) is 0 Å². The molecule has 23 heavy (non-hydrogen) atoms. The maximum Gasteiger partial charge on any atom is 0.163 e. The van der Waals surface area contributed by atoms with Crippen LogP contribution in [-0.2, 0) is 6.54 Å². The third kappa shape index (κ3) is 2.98. The molecule has 1 aliphatic heterocycles. The molecule has 0 radical (unpaired) electrons. The predicted octanol–water partition coefficient (Wildman–Crippen LogP) is 4.30. The Morgan fingerprint density at radius 2 is 2.13 bits per heavy atom. The van der Waals surface area contributed by atoms with Gasteiger partial charge in [-0.05, 0) is 25.1 Å². The van der Waals surface area contributed by atoms with E-state index >= 15 is 0 Å². The number of anilines is 1. The number of hydrogen-bond donors (Lipinski definition) is 0. The summed E-state index contributed by atoms with van der Waals surface area (Å²) in [6, 6.07) is 3.99. The molecule has 0 saturated carbocycles. The highest BCUT2D eigenvalue weighted by Crippen LogP contribution is 2.40. The Kier molecular flexibility index (Phi) is 4.93. The van der Waals surface area contributed by atoms with Gasteiger partial charge in [0.05, 0.1) is 24.5 Å². The van der Waals surface area contributed by atoms with Crippen LogP contribution in [0.25, 0.3) is 10.9 Å². The van der Waals surface area contributed by atoms with Gasteiger partial charge in [0.2, 0.25) is 0 Å². The molecule has 3 rings (SSSR count). The number of rotatable bonds is 5. The zero-order chi connectivity index (χ0) is 16.4. The topological polar surface area (TPSA) is 28.6 Å². The van der Waals surface area contributed by atoms with E-state index in [1.165, 1.54) is 24.1 Å². The summed E-state index contributed by atoms with van der Waals surface area (Å²) in [5.41, 5.74) is 3.43. The van der Waals surface area contributed by atoms with Crippen molar-refractivity contribution < 1.29 is 4.74 Å². The highest BCUT2D eigenvalue weighted by Gasteiger charge is 2.25. The Bertz CT molecular complexity index is 704. The fourth-order valence-corrected chi connectivity index (χ4v) is 3.50. The molecule has 0 N–H and O–H groups in total. The number of unbranched alkanes of at least 4 members (excludes halogenated alkanes) is 1. The van der Waals surface area contributed by atoms with E-state index < -0.39 is 0 Å². The molecule has 4 nitrogen and oxygen atoms in total. The second-order valence-corrected chi connectivity index (χ2v) is 6.42. The molecule has 0 fully saturated rings. The molecule has 5 heteroatoms. The Labute approximate surface area is 143 Å². The molecule has 2 heterocycles. The zero-order valence-electron chi connectivity index (χ0n) is 14.1. The number of benzene rings is 1. The van der Waals surface area contributed by atoms with Crippen LogP contribution in [0.15, 0.2) is 18.3 Å². The fraction of sp³-hybridized carbons (Fsp3) is 0.500. The average Bonchev–Trinajstić information content (AvgIpc) is 2.58. The number of aromatic nitrogens is 1. The van der Waals surface area contributed by atoms with Gasteiger partial charge in [0.1, 0.15) is 5.52 Å². The van der Waals surface area contributed by atoms with E-state index in [-0.39, 0.29) is 0 Å². The van der Waals surface area contributed by atoms with E-state index in [0.29, 0.717) is 10.8 Å². The van der Waals surface area contributed by atoms with E-state index in [9.17, 15) is 0 Å². The van der Waals surface area contributed by atoms with Gasteiger partial charge in [0.15, 0.2) is 5.75 Å². The normalized spacial score (nSPS) is 15.0. The predicted molar refractivity (Wildman–Crippen MR) is 96.5 cm³/mol. The fourth-order valence-electron chi connectivity index (χ4n) is 3.27. The lowest BCUT2D eigenvalue weighted by Crippen LogP contribution is -2.42. The van der Waals surface area contributed by atoms with Gasteiger partial charge in [-0.15, -0.1) is 0 Å². The van der Waals surface area contributed by atoms with Crippen LogP contribution in [0.1, 0.15) is 32.3 Å². The third-order valence-electron chi connectivity index (χ3n) is 4.51. The van der Waals surface area contributed by atoms with Gasteiger partial charge in [0.25, 0.3) is 0 Å². The standard InChI is InChI=1S/C18H24ClN3O/c1-4-6-9-22-12-21(5-2)11-13-10-20-16-14(17(13)22)7-8-15(19)18(16)23-3/h7-8,10H,4-6,9,11-12H2,1-3H3. The van der Waals surface area contributed by atoms with Gasteiger partial charge >= 0.3 is 0 Å². The first-order valence-corrected chi connectivity index (χ1v) is 8.68. The highest BCUT2D eigenvalue weighted by molar-refractivity contribution is 6.33. The Balaban J connectivity index is 2.16. The lowest BCUT2D eigenvalue weighted by atomic mass is 10.0. The molecule has 1 aromatic carbocycles. The van der Waals surface area contributed by atoms with Crippen molar-refractivity contribution in [3.05, 3.63) is 28.9 Å². The van der Waals surface area contributed by atoms with Crippen molar-refractivity contribution in [1.29, 1.82) is 0 Å². The summed E-state index contributed by atoms with van der Waals surface area (Å²) in [7, 11) is 1.65. The number of hydrogen-bond acceptors (Lipinski definition) is 4. The molecular formula is C18H24ClN3O. The van der Waals surface area contributed by atoms with Crippen LogP contribution in [0.2, 0.25) is 5.02 Å². The molecule has 0 amide bonds. The first kappa shape index (κ1) is 16.3. The molecule has 124 valence electrons. The van der Waals surface area contributed by atoms with Crippen molar-refractivity contribution in [2.75, 3.05) is 31.8 Å². The molecule has 0 spiro atoms. The first-order valence-electron chi connectivity index (χ1n) is 8.31. The quantitative estimate of drug-likeness (QED) is 0.815. The van der Waals surface area contributed by atoms with Crippen LogP contribution < -0.4 is 9.64 Å². The van der Waals surface area contributed by atoms with Crippen LogP contribution in [0.4, 0.5) is 5.69 Å². The van der Waals surface area contributed by atoms with Crippen molar-refractivity contribution in [3.63, 3.8) is 0 Å². The lowest BCUT2D eigenvalue weighted by Gasteiger charge is -2.38. The van der Waals surface area contributed by atoms with Crippen LogP contribution in [-0.4, -0.2) is 36.8 Å². The van der Waals surface area contributed by atoms with Crippen molar-refractivity contribution in [2.45, 2.75) is 33.2 Å². The molecule has 1 aromatic heterocycles. The molecule has 1 aliphatic rings. The molecule has 0 atom stereocenters. The van der Waals surface area contributed by atoms with Gasteiger partial charge in [-0.1, -0.05) is 31.9 Å². The molecule has 0 aliphatic carbocycles. The summed E-state index contributed by atoms with van der Waals surface area (Å²) >= 11 is 6.27. The smallest absolute Gasteiger partial charge is 0.163 e. The number of halogens is 1. The molecule has 2 aromatic rings. The van der Waals surface area contributed by atoms with Crippen molar-refractivity contribution >= 4 is 28.2 Å². The summed E-state index contributed by atoms with van der Waals surface area (Å²) in [4.78, 5) is 9.57. The summed E-state index contributed by atoms with van der Waals surface area (Å²) in [6.07, 6.45) is 4.36. The molecule has 0 saturated heterocycles. The van der Waals surface area contributed by atoms with Crippen molar-refractivity contribution in [1.82, 2.24) is 9.88 Å². The van der Waals surface area contributed by atoms with Gasteiger partial charge in [-0.2, -0.15) is 0 Å². The average molecular weight is 334 g/mol. The van der Waals surface area contributed by atoms with Crippen molar-refractivity contribution in [3.8, 4) is 5.75 Å². The molecule has 0 unspecified atom stereocenters. The number of fused-ring (bicyclic) bond motifs is 3. The number of nitrogens with zero attached hydrogens (tertiary/aromatic N) is 3. The van der Waals surface area contributed by atoms with Crippen LogP contribution >= 0.6 is 11.6 Å². The minimum atomic E-state index is 0.610. The number of ether oxygens (including phenoxy) is 1. The summed E-state index contributed by atoms with van der Waals surface area (Å²) in [5, 5.41) is 1.74.